The Hall–Kier alpha value is -2.44. The second-order valence-corrected chi connectivity index (χ2v) is 9.31. The Bertz CT molecular complexity index is 988. The Morgan fingerprint density at radius 1 is 1.00 bits per heavy atom. The molecule has 0 saturated heterocycles. The molecule has 148 valence electrons. The fourth-order valence-corrected chi connectivity index (χ4v) is 4.57. The molecule has 3 aromatic heterocycles. The van der Waals surface area contributed by atoms with Gasteiger partial charge in [-0.2, -0.15) is 9.61 Å². The van der Waals surface area contributed by atoms with Crippen LogP contribution in [0.2, 0.25) is 0 Å². The predicted molar refractivity (Wildman–Crippen MR) is 109 cm³/mol. The Morgan fingerprint density at radius 2 is 1.82 bits per heavy atom. The Morgan fingerprint density at radius 3 is 2.61 bits per heavy atom. The number of hydrogen-bond donors (Lipinski definition) is 1. The molecule has 0 aromatic carbocycles. The predicted octanol–water partition coefficient (Wildman–Crippen LogP) is 4.22. The topological polar surface area (TPSA) is 72.9 Å². The molecule has 0 aliphatic heterocycles. The van der Waals surface area contributed by atoms with E-state index in [-0.39, 0.29) is 11.5 Å². The summed E-state index contributed by atoms with van der Waals surface area (Å²) in [5.41, 5.74) is 3.28. The highest BCUT2D eigenvalue weighted by molar-refractivity contribution is 5.46. The quantitative estimate of drug-likeness (QED) is 0.737. The van der Waals surface area contributed by atoms with Crippen LogP contribution in [-0.4, -0.2) is 29.6 Å². The molecule has 2 aliphatic carbocycles. The monoisotopic (exact) mass is 379 g/mol. The zero-order valence-corrected chi connectivity index (χ0v) is 17.0. The number of aryl methyl sites for hydroxylation is 1. The smallest absolute Gasteiger partial charge is 0.178 e. The standard InChI is InChI=1S/C21H29N7/c1-21(2,3)20-24-23-18-12-11-17(25-28(18)20)22-16-10-6-7-14-13-27(26-19(14)16)15-8-4-5-9-15/h11-13,15-16H,4-10H2,1-3H3,(H,22,25). The van der Waals surface area contributed by atoms with Crippen molar-refractivity contribution in [2.75, 3.05) is 5.32 Å². The van der Waals surface area contributed by atoms with Gasteiger partial charge in [0.05, 0.1) is 17.8 Å². The molecular formula is C21H29N7. The van der Waals surface area contributed by atoms with Gasteiger partial charge in [0.15, 0.2) is 11.5 Å². The molecule has 1 saturated carbocycles. The fraction of sp³-hybridized carbons (Fsp3) is 0.619. The van der Waals surface area contributed by atoms with Crippen molar-refractivity contribution < 1.29 is 0 Å². The van der Waals surface area contributed by atoms with Gasteiger partial charge in [0, 0.05) is 11.6 Å². The summed E-state index contributed by atoms with van der Waals surface area (Å²) in [5, 5.41) is 22.1. The summed E-state index contributed by atoms with van der Waals surface area (Å²) in [5.74, 6) is 1.73. The van der Waals surface area contributed by atoms with E-state index in [1.807, 2.05) is 16.6 Å². The van der Waals surface area contributed by atoms with Crippen molar-refractivity contribution in [3.05, 3.63) is 35.4 Å². The van der Waals surface area contributed by atoms with Crippen LogP contribution >= 0.6 is 0 Å². The highest BCUT2D eigenvalue weighted by Gasteiger charge is 2.27. The van der Waals surface area contributed by atoms with Gasteiger partial charge >= 0.3 is 0 Å². The molecule has 0 amide bonds. The number of anilines is 1. The van der Waals surface area contributed by atoms with E-state index in [0.29, 0.717) is 6.04 Å². The second kappa shape index (κ2) is 6.57. The zero-order valence-electron chi connectivity index (χ0n) is 17.0. The summed E-state index contributed by atoms with van der Waals surface area (Å²) in [7, 11) is 0. The summed E-state index contributed by atoms with van der Waals surface area (Å²) < 4.78 is 4.11. The van der Waals surface area contributed by atoms with E-state index < -0.39 is 0 Å². The molecule has 0 bridgehead atoms. The van der Waals surface area contributed by atoms with E-state index in [4.69, 9.17) is 10.2 Å². The maximum atomic E-state index is 5.01. The van der Waals surface area contributed by atoms with Gasteiger partial charge in [-0.25, -0.2) is 0 Å². The first-order valence-corrected chi connectivity index (χ1v) is 10.6. The average Bonchev–Trinajstić information content (AvgIpc) is 3.39. The van der Waals surface area contributed by atoms with Crippen LogP contribution in [0.3, 0.4) is 0 Å². The van der Waals surface area contributed by atoms with Crippen LogP contribution in [0.1, 0.15) is 88.5 Å². The van der Waals surface area contributed by atoms with Gasteiger partial charge in [-0.05, 0) is 49.8 Å². The molecule has 3 aromatic rings. The van der Waals surface area contributed by atoms with Gasteiger partial charge in [-0.15, -0.1) is 15.3 Å². The SMILES string of the molecule is CC(C)(C)c1nnc2ccc(NC3CCCc4cn(C5CCCC5)nc43)nn12. The molecule has 7 nitrogen and oxygen atoms in total. The van der Waals surface area contributed by atoms with Crippen LogP contribution < -0.4 is 5.32 Å². The third-order valence-corrected chi connectivity index (χ3v) is 6.06. The van der Waals surface area contributed by atoms with Crippen LogP contribution in [0.4, 0.5) is 5.82 Å². The van der Waals surface area contributed by atoms with Crippen molar-refractivity contribution in [1.82, 2.24) is 29.6 Å². The maximum Gasteiger partial charge on any atom is 0.178 e. The maximum absolute atomic E-state index is 5.01. The molecule has 2 aliphatic rings. The minimum Gasteiger partial charge on any atom is -0.360 e. The van der Waals surface area contributed by atoms with Gasteiger partial charge in [0.25, 0.3) is 0 Å². The third kappa shape index (κ3) is 3.06. The number of fused-ring (bicyclic) bond motifs is 2. The second-order valence-electron chi connectivity index (χ2n) is 9.31. The zero-order chi connectivity index (χ0) is 19.3. The summed E-state index contributed by atoms with van der Waals surface area (Å²) in [4.78, 5) is 0. The van der Waals surface area contributed by atoms with Crippen LogP contribution in [0.25, 0.3) is 5.65 Å². The van der Waals surface area contributed by atoms with Gasteiger partial charge < -0.3 is 5.32 Å². The molecule has 0 spiro atoms. The number of rotatable bonds is 3. The average molecular weight is 380 g/mol. The van der Waals surface area contributed by atoms with E-state index in [1.165, 1.54) is 43.4 Å². The molecule has 1 atom stereocenters. The molecule has 28 heavy (non-hydrogen) atoms. The van der Waals surface area contributed by atoms with E-state index in [9.17, 15) is 0 Å². The van der Waals surface area contributed by atoms with Crippen molar-refractivity contribution in [3.63, 3.8) is 0 Å². The van der Waals surface area contributed by atoms with E-state index in [0.717, 1.165) is 30.1 Å². The largest absolute Gasteiger partial charge is 0.360 e. The minimum absolute atomic E-state index is 0.108. The molecule has 1 N–H and O–H groups in total. The Kier molecular flexibility index (Phi) is 4.14. The first kappa shape index (κ1) is 17.6. The van der Waals surface area contributed by atoms with Crippen LogP contribution in [0, 0.1) is 0 Å². The summed E-state index contributed by atoms with van der Waals surface area (Å²) in [6.45, 7) is 6.40. The molecular weight excluding hydrogens is 350 g/mol. The van der Waals surface area contributed by atoms with Crippen molar-refractivity contribution >= 4 is 11.5 Å². The van der Waals surface area contributed by atoms with Crippen molar-refractivity contribution in [3.8, 4) is 0 Å². The lowest BCUT2D eigenvalue weighted by molar-refractivity contribution is 0.458. The first-order chi connectivity index (χ1) is 13.5. The van der Waals surface area contributed by atoms with E-state index >= 15 is 0 Å². The number of hydrogen-bond acceptors (Lipinski definition) is 5. The molecule has 1 unspecified atom stereocenters. The number of aromatic nitrogens is 6. The summed E-state index contributed by atoms with van der Waals surface area (Å²) >= 11 is 0. The van der Waals surface area contributed by atoms with Gasteiger partial charge in [-0.3, -0.25) is 4.68 Å². The Balaban J connectivity index is 1.44. The van der Waals surface area contributed by atoms with E-state index in [1.54, 1.807) is 0 Å². The molecule has 0 radical (unpaired) electrons. The van der Waals surface area contributed by atoms with Gasteiger partial charge in [0.1, 0.15) is 5.82 Å². The highest BCUT2D eigenvalue weighted by Crippen LogP contribution is 2.35. The Labute approximate surface area is 165 Å². The number of nitrogens with one attached hydrogen (secondary N) is 1. The van der Waals surface area contributed by atoms with E-state index in [2.05, 4.69) is 47.2 Å². The first-order valence-electron chi connectivity index (χ1n) is 10.6. The summed E-state index contributed by atoms with van der Waals surface area (Å²) in [6, 6.07) is 4.79. The molecule has 5 rings (SSSR count). The highest BCUT2D eigenvalue weighted by atomic mass is 15.4. The van der Waals surface area contributed by atoms with Gasteiger partial charge in [0.2, 0.25) is 0 Å². The van der Waals surface area contributed by atoms with Crippen molar-refractivity contribution in [2.24, 2.45) is 0 Å². The van der Waals surface area contributed by atoms with Crippen LogP contribution in [-0.2, 0) is 11.8 Å². The molecule has 7 heteroatoms. The fourth-order valence-electron chi connectivity index (χ4n) is 4.57. The van der Waals surface area contributed by atoms with Crippen molar-refractivity contribution in [2.45, 2.75) is 83.2 Å². The lowest BCUT2D eigenvalue weighted by Gasteiger charge is -2.23. The lowest BCUT2D eigenvalue weighted by Crippen LogP contribution is -2.20. The minimum atomic E-state index is -0.108. The third-order valence-electron chi connectivity index (χ3n) is 6.06. The van der Waals surface area contributed by atoms with Crippen LogP contribution in [0.15, 0.2) is 18.3 Å². The normalized spacial score (nSPS) is 20.6. The number of nitrogens with zero attached hydrogens (tertiary/aromatic N) is 6. The van der Waals surface area contributed by atoms with Crippen molar-refractivity contribution in [1.29, 1.82) is 0 Å². The van der Waals surface area contributed by atoms with Gasteiger partial charge in [-0.1, -0.05) is 33.6 Å². The van der Waals surface area contributed by atoms with Crippen LogP contribution in [0.5, 0.6) is 0 Å². The lowest BCUT2D eigenvalue weighted by atomic mass is 9.94. The molecule has 1 fully saturated rings. The molecule has 3 heterocycles. The summed E-state index contributed by atoms with van der Waals surface area (Å²) in [6.07, 6.45) is 10.9.